The highest BCUT2D eigenvalue weighted by Crippen LogP contribution is 2.07. The topological polar surface area (TPSA) is 49.8 Å². The van der Waals surface area contributed by atoms with Gasteiger partial charge in [0, 0.05) is 13.6 Å². The quantitative estimate of drug-likeness (QED) is 0.832. The fraction of sp³-hybridized carbons (Fsp3) is 0.455. The van der Waals surface area contributed by atoms with Gasteiger partial charge in [0.25, 0.3) is 0 Å². The van der Waals surface area contributed by atoms with Crippen LogP contribution in [-0.4, -0.2) is 43.1 Å². The van der Waals surface area contributed by atoms with Crippen molar-refractivity contribution in [1.82, 2.24) is 15.2 Å². The van der Waals surface area contributed by atoms with Crippen LogP contribution >= 0.6 is 24.0 Å². The van der Waals surface area contributed by atoms with Gasteiger partial charge < -0.3 is 15.0 Å². The van der Waals surface area contributed by atoms with Crippen molar-refractivity contribution in [2.75, 3.05) is 27.2 Å². The first-order valence-electron chi connectivity index (χ1n) is 5.28. The Morgan fingerprint density at radius 1 is 1.47 bits per heavy atom. The van der Waals surface area contributed by atoms with Crippen molar-refractivity contribution in [3.8, 4) is 5.75 Å². The minimum absolute atomic E-state index is 0. The molecule has 0 aromatic carbocycles. The molecule has 5 nitrogen and oxygen atoms in total. The Morgan fingerprint density at radius 3 is 2.82 bits per heavy atom. The zero-order valence-electron chi connectivity index (χ0n) is 10.0. The molecule has 1 aliphatic heterocycles. The van der Waals surface area contributed by atoms with Crippen LogP contribution in [0.4, 0.5) is 0 Å². The Kier molecular flexibility index (Phi) is 5.46. The fourth-order valence-corrected chi connectivity index (χ4v) is 1.53. The summed E-state index contributed by atoms with van der Waals surface area (Å²) in [6, 6.07) is 3.85. The lowest BCUT2D eigenvalue weighted by Gasteiger charge is -2.14. The number of likely N-dealkylation sites (N-methyl/N-ethyl adjacent to an activating group) is 1. The summed E-state index contributed by atoms with van der Waals surface area (Å²) in [6.07, 6.45) is 1.72. The molecular weight excluding hydrogens is 331 g/mol. The van der Waals surface area contributed by atoms with Gasteiger partial charge in [0.15, 0.2) is 5.96 Å². The second-order valence-electron chi connectivity index (χ2n) is 3.67. The molecule has 0 saturated heterocycles. The number of halogens is 1. The van der Waals surface area contributed by atoms with Crippen LogP contribution in [0.15, 0.2) is 23.3 Å². The average molecular weight is 348 g/mol. The average Bonchev–Trinajstić information content (AvgIpc) is 2.73. The van der Waals surface area contributed by atoms with Crippen LogP contribution in [0.2, 0.25) is 0 Å². The van der Waals surface area contributed by atoms with Gasteiger partial charge >= 0.3 is 0 Å². The molecule has 0 atom stereocenters. The van der Waals surface area contributed by atoms with Crippen LogP contribution in [0.1, 0.15) is 5.69 Å². The van der Waals surface area contributed by atoms with E-state index >= 15 is 0 Å². The van der Waals surface area contributed by atoms with E-state index in [-0.39, 0.29) is 24.0 Å². The van der Waals surface area contributed by atoms with Crippen LogP contribution in [0.25, 0.3) is 0 Å². The third-order valence-electron chi connectivity index (χ3n) is 2.52. The molecule has 0 bridgehead atoms. The predicted octanol–water partition coefficient (Wildman–Crippen LogP) is 1.10. The summed E-state index contributed by atoms with van der Waals surface area (Å²) in [5.41, 5.74) is 0.976. The lowest BCUT2D eigenvalue weighted by molar-refractivity contribution is 0.412. The molecule has 0 spiro atoms. The monoisotopic (exact) mass is 348 g/mol. The smallest absolute Gasteiger partial charge is 0.194 e. The molecule has 0 unspecified atom stereocenters. The first kappa shape index (κ1) is 14.0. The second kappa shape index (κ2) is 6.63. The van der Waals surface area contributed by atoms with E-state index in [1.807, 2.05) is 19.2 Å². The Balaban J connectivity index is 0.00000144. The largest absolute Gasteiger partial charge is 0.495 e. The van der Waals surface area contributed by atoms with Gasteiger partial charge in [-0.25, -0.2) is 0 Å². The summed E-state index contributed by atoms with van der Waals surface area (Å²) in [6.45, 7) is 2.54. The van der Waals surface area contributed by atoms with Gasteiger partial charge in [-0.2, -0.15) is 0 Å². The number of nitrogens with zero attached hydrogens (tertiary/aromatic N) is 3. The highest BCUT2D eigenvalue weighted by molar-refractivity contribution is 14.0. The third kappa shape index (κ3) is 3.72. The minimum Gasteiger partial charge on any atom is -0.495 e. The molecule has 94 valence electrons. The molecule has 0 amide bonds. The standard InChI is InChI=1S/C11H16N4O.HI/c1-15-6-5-12-11(15)14-7-9-3-4-10(16-2)8-13-9;/h3-4,8H,5-7H2,1-2H3,(H,12,14);1H. The molecule has 1 aromatic heterocycles. The number of rotatable bonds is 3. The molecule has 0 saturated carbocycles. The van der Waals surface area contributed by atoms with Gasteiger partial charge in [0.05, 0.1) is 32.1 Å². The molecule has 17 heavy (non-hydrogen) atoms. The van der Waals surface area contributed by atoms with Crippen molar-refractivity contribution in [1.29, 1.82) is 0 Å². The fourth-order valence-electron chi connectivity index (χ4n) is 1.53. The maximum atomic E-state index is 5.05. The zero-order chi connectivity index (χ0) is 11.4. The molecule has 1 N–H and O–H groups in total. The number of aliphatic imine (C=N–C) groups is 1. The van der Waals surface area contributed by atoms with Gasteiger partial charge in [-0.3, -0.25) is 9.98 Å². The van der Waals surface area contributed by atoms with Crippen LogP contribution in [0, 0.1) is 0 Å². The lowest BCUT2D eigenvalue weighted by Crippen LogP contribution is -2.35. The number of aromatic nitrogens is 1. The summed E-state index contributed by atoms with van der Waals surface area (Å²) in [7, 11) is 3.66. The van der Waals surface area contributed by atoms with Gasteiger partial charge in [0.1, 0.15) is 5.75 Å². The number of hydrogen-bond acceptors (Lipinski definition) is 5. The first-order valence-corrected chi connectivity index (χ1v) is 5.28. The van der Waals surface area contributed by atoms with E-state index < -0.39 is 0 Å². The summed E-state index contributed by atoms with van der Waals surface area (Å²) in [5, 5.41) is 3.26. The van der Waals surface area contributed by atoms with Gasteiger partial charge in [-0.15, -0.1) is 24.0 Å². The number of pyridine rings is 1. The Morgan fingerprint density at radius 2 is 2.29 bits per heavy atom. The van der Waals surface area contributed by atoms with Crippen molar-refractivity contribution >= 4 is 29.9 Å². The Bertz CT molecular complexity index is 380. The second-order valence-corrected chi connectivity index (χ2v) is 3.67. The van der Waals surface area contributed by atoms with E-state index in [1.165, 1.54) is 0 Å². The van der Waals surface area contributed by atoms with Crippen molar-refractivity contribution in [2.45, 2.75) is 6.54 Å². The number of methoxy groups -OCH3 is 1. The van der Waals surface area contributed by atoms with E-state index in [4.69, 9.17) is 4.74 Å². The third-order valence-corrected chi connectivity index (χ3v) is 2.52. The summed E-state index contributed by atoms with van der Waals surface area (Å²) in [4.78, 5) is 10.7. The SMILES string of the molecule is COc1ccc(CNC2=NCCN2C)nc1.I. The van der Waals surface area contributed by atoms with Crippen LogP contribution in [-0.2, 0) is 6.54 Å². The van der Waals surface area contributed by atoms with Gasteiger partial charge in [-0.05, 0) is 12.1 Å². The minimum atomic E-state index is 0. The molecule has 6 heteroatoms. The van der Waals surface area contributed by atoms with Crippen LogP contribution < -0.4 is 10.1 Å². The van der Waals surface area contributed by atoms with E-state index in [1.54, 1.807) is 13.3 Å². The van der Waals surface area contributed by atoms with E-state index in [0.717, 1.165) is 30.5 Å². The van der Waals surface area contributed by atoms with Crippen molar-refractivity contribution in [3.05, 3.63) is 24.0 Å². The van der Waals surface area contributed by atoms with Gasteiger partial charge in [0.2, 0.25) is 0 Å². The predicted molar refractivity (Wildman–Crippen MR) is 78.0 cm³/mol. The van der Waals surface area contributed by atoms with Crippen LogP contribution in [0.3, 0.4) is 0 Å². The summed E-state index contributed by atoms with van der Waals surface area (Å²) >= 11 is 0. The van der Waals surface area contributed by atoms with E-state index in [2.05, 4.69) is 20.2 Å². The zero-order valence-corrected chi connectivity index (χ0v) is 12.3. The molecular formula is C11H17IN4O. The summed E-state index contributed by atoms with van der Waals surface area (Å²) in [5.74, 6) is 1.72. The maximum Gasteiger partial charge on any atom is 0.194 e. The van der Waals surface area contributed by atoms with Gasteiger partial charge in [-0.1, -0.05) is 0 Å². The molecule has 1 aromatic rings. The molecule has 0 aliphatic carbocycles. The normalized spacial score (nSPS) is 14.0. The Labute approximate surface area is 118 Å². The molecule has 0 fully saturated rings. The molecule has 1 aliphatic rings. The first-order chi connectivity index (χ1) is 7.79. The van der Waals surface area contributed by atoms with Crippen molar-refractivity contribution in [2.24, 2.45) is 4.99 Å². The van der Waals surface area contributed by atoms with Crippen molar-refractivity contribution in [3.63, 3.8) is 0 Å². The number of nitrogens with one attached hydrogen (secondary N) is 1. The van der Waals surface area contributed by atoms with Crippen LogP contribution in [0.5, 0.6) is 5.75 Å². The highest BCUT2D eigenvalue weighted by atomic mass is 127. The Hall–Kier alpha value is -1.05. The number of guanidine groups is 1. The van der Waals surface area contributed by atoms with E-state index in [9.17, 15) is 0 Å². The maximum absolute atomic E-state index is 5.05. The molecule has 0 radical (unpaired) electrons. The van der Waals surface area contributed by atoms with Crippen molar-refractivity contribution < 1.29 is 4.74 Å². The number of ether oxygens (including phenoxy) is 1. The molecule has 2 heterocycles. The summed E-state index contributed by atoms with van der Waals surface area (Å²) < 4.78 is 5.05. The van der Waals surface area contributed by atoms with E-state index in [0.29, 0.717) is 6.54 Å². The molecule has 2 rings (SSSR count). The lowest BCUT2D eigenvalue weighted by atomic mass is 10.3. The number of hydrogen-bond donors (Lipinski definition) is 1. The highest BCUT2D eigenvalue weighted by Gasteiger charge is 2.11.